The minimum Gasteiger partial charge on any atom is -0.478 e. The Kier molecular flexibility index (Phi) is 7.23. The molecular weight excluding hydrogens is 476 g/mol. The van der Waals surface area contributed by atoms with Crippen LogP contribution in [0.25, 0.3) is 22.0 Å². The lowest BCUT2D eigenvalue weighted by Crippen LogP contribution is -2.22. The van der Waals surface area contributed by atoms with Crippen LogP contribution < -0.4 is 4.84 Å². The van der Waals surface area contributed by atoms with E-state index in [1.807, 2.05) is 0 Å². The first-order valence-electron chi connectivity index (χ1n) is 9.75. The molecule has 0 saturated carbocycles. The van der Waals surface area contributed by atoms with E-state index in [-0.39, 0.29) is 23.5 Å². The minimum absolute atomic E-state index is 0.0325. The molecule has 2 aromatic carbocycles. The highest BCUT2D eigenvalue weighted by Gasteiger charge is 2.23. The van der Waals surface area contributed by atoms with Crippen LogP contribution in [0.3, 0.4) is 0 Å². The third-order valence-electron chi connectivity index (χ3n) is 5.25. The van der Waals surface area contributed by atoms with Gasteiger partial charge in [-0.25, -0.2) is 31.1 Å². The fourth-order valence-electron chi connectivity index (χ4n) is 3.62. The van der Waals surface area contributed by atoms with E-state index in [1.165, 1.54) is 42.9 Å². The summed E-state index contributed by atoms with van der Waals surface area (Å²) >= 11 is 5.37. The Balaban J connectivity index is 2.33. The van der Waals surface area contributed by atoms with E-state index in [0.29, 0.717) is 22.2 Å². The van der Waals surface area contributed by atoms with Crippen LogP contribution in [-0.2, 0) is 16.6 Å². The highest BCUT2D eigenvalue weighted by molar-refractivity contribution is 7.89. The minimum atomic E-state index is -3.74. The SMILES string of the molecule is Cc1c(-c2cccc(S(=O)(=O)N(C)C)c2)c2cc(C(=O)O)c(F)cc2n1C/C(F)=C/CNCl. The van der Waals surface area contributed by atoms with Crippen LogP contribution in [0.4, 0.5) is 8.78 Å². The lowest BCUT2D eigenvalue weighted by molar-refractivity contribution is 0.0692. The summed E-state index contributed by atoms with van der Waals surface area (Å²) in [5.41, 5.74) is 1.18. The van der Waals surface area contributed by atoms with E-state index in [2.05, 4.69) is 4.84 Å². The molecule has 3 rings (SSSR count). The third-order valence-corrected chi connectivity index (χ3v) is 7.22. The molecule has 0 aliphatic rings. The van der Waals surface area contributed by atoms with Gasteiger partial charge in [0.15, 0.2) is 0 Å². The summed E-state index contributed by atoms with van der Waals surface area (Å²) in [7, 11) is -0.923. The summed E-state index contributed by atoms with van der Waals surface area (Å²) in [6, 6.07) is 8.34. The number of fused-ring (bicyclic) bond motifs is 1. The molecular formula is C22H22ClF2N3O4S. The molecule has 176 valence electrons. The summed E-state index contributed by atoms with van der Waals surface area (Å²) in [5.74, 6) is -2.95. The maximum Gasteiger partial charge on any atom is 0.338 e. The fourth-order valence-corrected chi connectivity index (χ4v) is 4.64. The van der Waals surface area contributed by atoms with Gasteiger partial charge in [0.05, 0.1) is 22.5 Å². The van der Waals surface area contributed by atoms with Crippen molar-refractivity contribution in [3.05, 3.63) is 65.4 Å². The van der Waals surface area contributed by atoms with Gasteiger partial charge in [0, 0.05) is 37.3 Å². The quantitative estimate of drug-likeness (QED) is 0.453. The van der Waals surface area contributed by atoms with Crippen LogP contribution >= 0.6 is 11.8 Å². The van der Waals surface area contributed by atoms with Crippen molar-refractivity contribution in [2.24, 2.45) is 0 Å². The van der Waals surface area contributed by atoms with Gasteiger partial charge in [-0.2, -0.15) is 0 Å². The second-order valence-corrected chi connectivity index (χ2v) is 9.92. The van der Waals surface area contributed by atoms with Crippen LogP contribution in [0.15, 0.2) is 53.2 Å². The predicted octanol–water partition coefficient (Wildman–Crippen LogP) is 4.30. The highest BCUT2D eigenvalue weighted by atomic mass is 35.5. The van der Waals surface area contributed by atoms with Gasteiger partial charge in [0.1, 0.15) is 11.6 Å². The first-order chi connectivity index (χ1) is 15.5. The molecule has 0 amide bonds. The zero-order valence-electron chi connectivity index (χ0n) is 18.1. The van der Waals surface area contributed by atoms with Crippen LogP contribution in [0.2, 0.25) is 0 Å². The lowest BCUT2D eigenvalue weighted by atomic mass is 10.0. The van der Waals surface area contributed by atoms with Crippen molar-refractivity contribution >= 4 is 38.7 Å². The standard InChI is InChI=1S/C22H22ClF2N3O4S/c1-13-21(14-5-4-6-16(9-14)33(31,32)27(2)3)18-10-17(22(29)30)19(25)11-20(18)28(13)12-15(24)7-8-26-23/h4-7,9-11,26H,8,12H2,1-3H3,(H,29,30)/b15-7-. The van der Waals surface area contributed by atoms with Gasteiger partial charge in [-0.1, -0.05) is 12.1 Å². The largest absolute Gasteiger partial charge is 0.478 e. The number of hydrogen-bond acceptors (Lipinski definition) is 4. The smallest absolute Gasteiger partial charge is 0.338 e. The molecule has 2 N–H and O–H groups in total. The Bertz CT molecular complexity index is 1370. The van der Waals surface area contributed by atoms with Crippen molar-refractivity contribution in [3.63, 3.8) is 0 Å². The number of allylic oxidation sites excluding steroid dienone is 1. The molecule has 0 atom stereocenters. The highest BCUT2D eigenvalue weighted by Crippen LogP contribution is 2.37. The Morgan fingerprint density at radius 2 is 1.97 bits per heavy atom. The van der Waals surface area contributed by atoms with Gasteiger partial charge in [-0.15, -0.1) is 0 Å². The molecule has 7 nitrogen and oxygen atoms in total. The van der Waals surface area contributed by atoms with E-state index in [9.17, 15) is 27.1 Å². The summed E-state index contributed by atoms with van der Waals surface area (Å²) in [6.45, 7) is 1.50. The van der Waals surface area contributed by atoms with E-state index in [1.54, 1.807) is 19.1 Å². The first kappa shape index (κ1) is 24.8. The molecule has 0 aliphatic carbocycles. The topological polar surface area (TPSA) is 91.6 Å². The summed E-state index contributed by atoms with van der Waals surface area (Å²) in [5, 5.41) is 9.75. The molecule has 1 heterocycles. The number of sulfonamides is 1. The molecule has 1 aromatic heterocycles. The van der Waals surface area contributed by atoms with Crippen LogP contribution in [0.1, 0.15) is 16.1 Å². The number of aromatic nitrogens is 1. The Morgan fingerprint density at radius 3 is 2.58 bits per heavy atom. The van der Waals surface area contributed by atoms with Gasteiger partial charge >= 0.3 is 5.97 Å². The first-order valence-corrected chi connectivity index (χ1v) is 11.6. The molecule has 11 heteroatoms. The monoisotopic (exact) mass is 497 g/mol. The molecule has 0 spiro atoms. The predicted molar refractivity (Wildman–Crippen MR) is 123 cm³/mol. The van der Waals surface area contributed by atoms with Crippen LogP contribution in [0.5, 0.6) is 0 Å². The molecule has 0 unspecified atom stereocenters. The van der Waals surface area contributed by atoms with Gasteiger partial charge in [-0.05, 0) is 54.6 Å². The second-order valence-electron chi connectivity index (χ2n) is 7.50. The molecule has 0 radical (unpaired) electrons. The number of rotatable bonds is 8. The number of benzene rings is 2. The molecule has 0 fully saturated rings. The Hall–Kier alpha value is -2.79. The number of carboxylic acid groups (broad SMARTS) is 1. The van der Waals surface area contributed by atoms with E-state index in [0.717, 1.165) is 10.4 Å². The number of nitrogens with one attached hydrogen (secondary N) is 1. The molecule has 33 heavy (non-hydrogen) atoms. The molecule has 0 aliphatic heterocycles. The van der Waals surface area contributed by atoms with E-state index in [4.69, 9.17) is 11.8 Å². The van der Waals surface area contributed by atoms with Gasteiger partial charge in [0.2, 0.25) is 10.0 Å². The van der Waals surface area contributed by atoms with Gasteiger partial charge in [-0.3, -0.25) is 0 Å². The van der Waals surface area contributed by atoms with Crippen molar-refractivity contribution < 1.29 is 27.1 Å². The maximum absolute atomic E-state index is 14.5. The number of nitrogens with zero attached hydrogens (tertiary/aromatic N) is 2. The number of carbonyl (C=O) groups is 1. The average molecular weight is 498 g/mol. The second kappa shape index (κ2) is 9.60. The normalized spacial score (nSPS) is 12.6. The van der Waals surface area contributed by atoms with Crippen molar-refractivity contribution in [2.75, 3.05) is 20.6 Å². The number of hydrogen-bond donors (Lipinski definition) is 2. The summed E-state index contributed by atoms with van der Waals surface area (Å²) in [4.78, 5) is 13.9. The van der Waals surface area contributed by atoms with E-state index < -0.39 is 33.2 Å². The van der Waals surface area contributed by atoms with E-state index >= 15 is 0 Å². The number of carboxylic acids is 1. The zero-order valence-corrected chi connectivity index (χ0v) is 19.6. The lowest BCUT2D eigenvalue weighted by Gasteiger charge is -2.13. The van der Waals surface area contributed by atoms with Gasteiger partial charge < -0.3 is 9.67 Å². The van der Waals surface area contributed by atoms with Gasteiger partial charge in [0.25, 0.3) is 0 Å². The van der Waals surface area contributed by atoms with Crippen molar-refractivity contribution in [2.45, 2.75) is 18.4 Å². The summed E-state index contributed by atoms with van der Waals surface area (Å²) < 4.78 is 56.8. The third kappa shape index (κ3) is 4.79. The fraction of sp³-hybridized carbons (Fsp3) is 0.227. The number of halogens is 3. The van der Waals surface area contributed by atoms with Crippen LogP contribution in [0, 0.1) is 12.7 Å². The Morgan fingerprint density at radius 1 is 1.27 bits per heavy atom. The molecule has 3 aromatic rings. The summed E-state index contributed by atoms with van der Waals surface area (Å²) in [6.07, 6.45) is 1.23. The van der Waals surface area contributed by atoms with Crippen LogP contribution in [-0.4, -0.2) is 49.0 Å². The number of aromatic carboxylic acids is 1. The molecule has 0 bridgehead atoms. The van der Waals surface area contributed by atoms with Crippen molar-refractivity contribution in [3.8, 4) is 11.1 Å². The average Bonchev–Trinajstić information content (AvgIpc) is 3.02. The maximum atomic E-state index is 14.5. The Labute approximate surface area is 195 Å². The molecule has 0 saturated heterocycles. The van der Waals surface area contributed by atoms with Crippen molar-refractivity contribution in [1.29, 1.82) is 0 Å². The zero-order chi connectivity index (χ0) is 24.5. The van der Waals surface area contributed by atoms with Crippen molar-refractivity contribution in [1.82, 2.24) is 13.7 Å².